The van der Waals surface area contributed by atoms with Crippen molar-refractivity contribution in [2.45, 2.75) is 12.2 Å². The van der Waals surface area contributed by atoms with Crippen LogP contribution in [0.25, 0.3) is 0 Å². The first-order chi connectivity index (χ1) is 9.19. The highest BCUT2D eigenvalue weighted by molar-refractivity contribution is 9.10. The number of benzene rings is 1. The fourth-order valence-electron chi connectivity index (χ4n) is 1.30. The zero-order valence-corrected chi connectivity index (χ0v) is 13.0. The van der Waals surface area contributed by atoms with E-state index in [1.807, 2.05) is 0 Å². The summed E-state index contributed by atoms with van der Waals surface area (Å²) in [4.78, 5) is 22.2. The van der Waals surface area contributed by atoms with Crippen molar-refractivity contribution >= 4 is 43.6 Å². The van der Waals surface area contributed by atoms with Gasteiger partial charge in [-0.25, -0.2) is 13.2 Å². The molecule has 20 heavy (non-hydrogen) atoms. The summed E-state index contributed by atoms with van der Waals surface area (Å²) in [5, 5.41) is 7.53. The number of anilines is 1. The Bertz CT molecular complexity index is 642. The zero-order valence-electron chi connectivity index (χ0n) is 10.6. The van der Waals surface area contributed by atoms with Crippen LogP contribution >= 0.6 is 15.9 Å². The molecular formula is C11H12BrNO6S. The number of carboxylic acids is 1. The lowest BCUT2D eigenvalue weighted by atomic mass is 10.2. The maximum Gasteiger partial charge on any atom is 0.336 e. The number of hydrogen-bond donors (Lipinski definition) is 2. The third-order valence-corrected chi connectivity index (χ3v) is 4.79. The Labute approximate surface area is 124 Å². The van der Waals surface area contributed by atoms with Gasteiger partial charge in [-0.1, -0.05) is 0 Å². The van der Waals surface area contributed by atoms with Crippen LogP contribution in [-0.2, 0) is 19.6 Å². The van der Waals surface area contributed by atoms with Gasteiger partial charge in [0.15, 0.2) is 5.25 Å². The predicted octanol–water partition coefficient (Wildman–Crippen LogP) is 1.45. The number of carboxylic acid groups (broad SMARTS) is 1. The fourth-order valence-corrected chi connectivity index (χ4v) is 2.70. The highest BCUT2D eigenvalue weighted by Gasteiger charge is 2.29. The molecule has 0 fully saturated rings. The molecule has 0 radical (unpaired) electrons. The van der Waals surface area contributed by atoms with E-state index < -0.39 is 27.2 Å². The molecule has 0 heterocycles. The van der Waals surface area contributed by atoms with Gasteiger partial charge in [-0.3, -0.25) is 9.52 Å². The Morgan fingerprint density at radius 3 is 2.50 bits per heavy atom. The van der Waals surface area contributed by atoms with Gasteiger partial charge in [0.05, 0.1) is 12.7 Å². The summed E-state index contributed by atoms with van der Waals surface area (Å²) in [5.74, 6) is -2.12. The number of rotatable bonds is 5. The van der Waals surface area contributed by atoms with Gasteiger partial charge in [-0.05, 0) is 41.1 Å². The van der Waals surface area contributed by atoms with Crippen molar-refractivity contribution in [2.75, 3.05) is 11.8 Å². The molecule has 0 aliphatic carbocycles. The van der Waals surface area contributed by atoms with Gasteiger partial charge in [0.25, 0.3) is 0 Å². The normalized spacial score (nSPS) is 12.6. The van der Waals surface area contributed by atoms with E-state index in [1.54, 1.807) is 0 Å². The van der Waals surface area contributed by atoms with Crippen LogP contribution in [-0.4, -0.2) is 37.8 Å². The predicted molar refractivity (Wildman–Crippen MR) is 75.1 cm³/mol. The first kappa shape index (κ1) is 16.4. The van der Waals surface area contributed by atoms with Crippen molar-refractivity contribution in [3.05, 3.63) is 28.2 Å². The number of esters is 1. The van der Waals surface area contributed by atoms with Gasteiger partial charge in [-0.2, -0.15) is 0 Å². The van der Waals surface area contributed by atoms with Gasteiger partial charge in [0, 0.05) is 10.2 Å². The summed E-state index contributed by atoms with van der Waals surface area (Å²) in [5.41, 5.74) is -0.0581. The number of sulfonamides is 1. The van der Waals surface area contributed by atoms with Crippen LogP contribution in [0.5, 0.6) is 0 Å². The van der Waals surface area contributed by atoms with Crippen molar-refractivity contribution < 1.29 is 27.9 Å². The molecular weight excluding hydrogens is 354 g/mol. The maximum atomic E-state index is 11.9. The molecule has 0 saturated carbocycles. The standard InChI is InChI=1S/C11H12BrNO6S/c1-6(11(16)19-2)20(17,18)13-7-3-4-9(12)8(5-7)10(14)15/h3-6,13H,1-2H3,(H,14,15). The lowest BCUT2D eigenvalue weighted by Gasteiger charge is -2.13. The highest BCUT2D eigenvalue weighted by atomic mass is 79.9. The van der Waals surface area contributed by atoms with Crippen LogP contribution in [0.2, 0.25) is 0 Å². The monoisotopic (exact) mass is 365 g/mol. The van der Waals surface area contributed by atoms with Gasteiger partial charge in [-0.15, -0.1) is 0 Å². The molecule has 0 saturated heterocycles. The molecule has 0 amide bonds. The van der Waals surface area contributed by atoms with E-state index in [9.17, 15) is 18.0 Å². The Hall–Kier alpha value is -1.61. The largest absolute Gasteiger partial charge is 0.478 e. The number of halogens is 1. The minimum atomic E-state index is -4.01. The van der Waals surface area contributed by atoms with Gasteiger partial charge in [0.2, 0.25) is 10.0 Å². The SMILES string of the molecule is COC(=O)C(C)S(=O)(=O)Nc1ccc(Br)c(C(=O)O)c1. The van der Waals surface area contributed by atoms with E-state index in [4.69, 9.17) is 5.11 Å². The molecule has 1 atom stereocenters. The number of carbonyl (C=O) groups is 2. The molecule has 0 bridgehead atoms. The van der Waals surface area contributed by atoms with E-state index in [1.165, 1.54) is 19.1 Å². The van der Waals surface area contributed by atoms with Crippen LogP contribution in [0, 0.1) is 0 Å². The summed E-state index contributed by atoms with van der Waals surface area (Å²) in [6.07, 6.45) is 0. The van der Waals surface area contributed by atoms with Crippen LogP contribution < -0.4 is 4.72 Å². The maximum absolute atomic E-state index is 11.9. The number of carbonyl (C=O) groups excluding carboxylic acids is 1. The lowest BCUT2D eigenvalue weighted by molar-refractivity contribution is -0.139. The van der Waals surface area contributed by atoms with E-state index >= 15 is 0 Å². The molecule has 1 rings (SSSR count). The molecule has 0 aliphatic rings. The number of aromatic carboxylic acids is 1. The summed E-state index contributed by atoms with van der Waals surface area (Å²) < 4.78 is 30.6. The summed E-state index contributed by atoms with van der Waals surface area (Å²) in [7, 11) is -2.93. The molecule has 7 nitrogen and oxygen atoms in total. The second-order valence-corrected chi connectivity index (χ2v) is 6.67. The topological polar surface area (TPSA) is 110 Å². The first-order valence-corrected chi connectivity index (χ1v) is 7.65. The van der Waals surface area contributed by atoms with Crippen LogP contribution in [0.4, 0.5) is 5.69 Å². The molecule has 0 aromatic heterocycles. The second-order valence-electron chi connectivity index (χ2n) is 3.81. The first-order valence-electron chi connectivity index (χ1n) is 5.31. The average molecular weight is 366 g/mol. The fraction of sp³-hybridized carbons (Fsp3) is 0.273. The van der Waals surface area contributed by atoms with Gasteiger partial charge in [0.1, 0.15) is 0 Å². The van der Waals surface area contributed by atoms with Crippen molar-refractivity contribution in [1.29, 1.82) is 0 Å². The van der Waals surface area contributed by atoms with Gasteiger partial charge < -0.3 is 9.84 Å². The molecule has 9 heteroatoms. The number of nitrogens with one attached hydrogen (secondary N) is 1. The number of hydrogen-bond acceptors (Lipinski definition) is 5. The molecule has 110 valence electrons. The molecule has 0 spiro atoms. The van der Waals surface area contributed by atoms with E-state index in [-0.39, 0.29) is 11.3 Å². The molecule has 2 N–H and O–H groups in total. The highest BCUT2D eigenvalue weighted by Crippen LogP contribution is 2.22. The number of ether oxygens (including phenoxy) is 1. The van der Waals surface area contributed by atoms with E-state index in [0.717, 1.165) is 13.2 Å². The number of methoxy groups -OCH3 is 1. The minimum absolute atomic E-state index is 0.0429. The molecule has 1 aromatic rings. The quantitative estimate of drug-likeness (QED) is 0.764. The lowest BCUT2D eigenvalue weighted by Crippen LogP contribution is -2.33. The molecule has 1 aromatic carbocycles. The summed E-state index contributed by atoms with van der Waals surface area (Å²) in [6.45, 7) is 1.17. The third-order valence-electron chi connectivity index (χ3n) is 2.46. The van der Waals surface area contributed by atoms with Crippen molar-refractivity contribution in [3.63, 3.8) is 0 Å². The van der Waals surface area contributed by atoms with Gasteiger partial charge >= 0.3 is 11.9 Å². The van der Waals surface area contributed by atoms with Crippen LogP contribution in [0.3, 0.4) is 0 Å². The Morgan fingerprint density at radius 2 is 2.00 bits per heavy atom. The second kappa shape index (κ2) is 6.23. The van der Waals surface area contributed by atoms with Crippen molar-refractivity contribution in [3.8, 4) is 0 Å². The van der Waals surface area contributed by atoms with E-state index in [0.29, 0.717) is 4.47 Å². The van der Waals surface area contributed by atoms with E-state index in [2.05, 4.69) is 25.4 Å². The summed E-state index contributed by atoms with van der Waals surface area (Å²) >= 11 is 3.04. The summed E-state index contributed by atoms with van der Waals surface area (Å²) in [6, 6.07) is 3.91. The Morgan fingerprint density at radius 1 is 1.40 bits per heavy atom. The van der Waals surface area contributed by atoms with Crippen molar-refractivity contribution in [1.82, 2.24) is 0 Å². The smallest absolute Gasteiger partial charge is 0.336 e. The van der Waals surface area contributed by atoms with Crippen LogP contribution in [0.1, 0.15) is 17.3 Å². The molecule has 0 aliphatic heterocycles. The van der Waals surface area contributed by atoms with Crippen molar-refractivity contribution in [2.24, 2.45) is 0 Å². The molecule has 1 unspecified atom stereocenters. The average Bonchev–Trinajstić information content (AvgIpc) is 2.38. The Balaban J connectivity index is 3.07. The Kier molecular flexibility index (Phi) is 5.12. The van der Waals surface area contributed by atoms with Crippen LogP contribution in [0.15, 0.2) is 22.7 Å². The zero-order chi connectivity index (χ0) is 15.5. The minimum Gasteiger partial charge on any atom is -0.478 e. The third kappa shape index (κ3) is 3.70.